The van der Waals surface area contributed by atoms with Crippen LogP contribution < -0.4 is 10.4 Å². The fourth-order valence-corrected chi connectivity index (χ4v) is 4.53. The summed E-state index contributed by atoms with van der Waals surface area (Å²) < 4.78 is 0. The SMILES string of the molecule is C/C=c1/cccc/c1=C/C1=CC(=O)C(c2ccc3c(C(C)(C)C)cc(C(C)(C)C)cc3n2)C1=O. The van der Waals surface area contributed by atoms with Crippen molar-refractivity contribution in [2.45, 2.75) is 65.2 Å². The quantitative estimate of drug-likeness (QED) is 0.499. The minimum atomic E-state index is -0.884. The molecule has 0 fully saturated rings. The van der Waals surface area contributed by atoms with E-state index >= 15 is 0 Å². The van der Waals surface area contributed by atoms with Gasteiger partial charge in [-0.15, -0.1) is 0 Å². The summed E-state index contributed by atoms with van der Waals surface area (Å²) in [6.07, 6.45) is 5.28. The molecule has 1 unspecified atom stereocenters. The molecule has 0 amide bonds. The maximum Gasteiger partial charge on any atom is 0.179 e. The predicted molar refractivity (Wildman–Crippen MR) is 140 cm³/mol. The van der Waals surface area contributed by atoms with Crippen molar-refractivity contribution >= 4 is 34.6 Å². The number of carbonyl (C=O) groups is 2. The molecule has 0 bridgehead atoms. The number of carbonyl (C=O) groups excluding carboxylic acids is 2. The zero-order valence-electron chi connectivity index (χ0n) is 21.2. The molecule has 4 rings (SSSR count). The van der Waals surface area contributed by atoms with E-state index in [1.165, 1.54) is 17.2 Å². The number of allylic oxidation sites excluding steroid dienone is 2. The van der Waals surface area contributed by atoms with Crippen LogP contribution in [0.5, 0.6) is 0 Å². The van der Waals surface area contributed by atoms with E-state index in [1.807, 2.05) is 55.5 Å². The molecule has 1 heterocycles. The lowest BCUT2D eigenvalue weighted by atomic mass is 9.78. The van der Waals surface area contributed by atoms with Gasteiger partial charge in [-0.05, 0) is 63.6 Å². The Balaban J connectivity index is 1.82. The Hall–Kier alpha value is -3.33. The van der Waals surface area contributed by atoms with Crippen LogP contribution in [-0.4, -0.2) is 16.6 Å². The molecule has 3 nitrogen and oxygen atoms in total. The van der Waals surface area contributed by atoms with Crippen LogP contribution in [0.15, 0.2) is 60.2 Å². The Morgan fingerprint density at radius 2 is 1.53 bits per heavy atom. The summed E-state index contributed by atoms with van der Waals surface area (Å²) in [6.45, 7) is 15.1. The number of hydrogen-bond donors (Lipinski definition) is 0. The summed E-state index contributed by atoms with van der Waals surface area (Å²) >= 11 is 0. The number of fused-ring (bicyclic) bond motifs is 1. The molecule has 0 N–H and O–H groups in total. The lowest BCUT2D eigenvalue weighted by Gasteiger charge is -2.27. The van der Waals surface area contributed by atoms with Gasteiger partial charge in [-0.1, -0.05) is 84.0 Å². The maximum atomic E-state index is 13.3. The monoisotopic (exact) mass is 451 g/mol. The molecule has 0 radical (unpaired) electrons. The first-order valence-electron chi connectivity index (χ1n) is 11.9. The van der Waals surface area contributed by atoms with Crippen molar-refractivity contribution in [2.75, 3.05) is 0 Å². The third kappa shape index (κ3) is 4.40. The minimum absolute atomic E-state index is 0.0434. The molecule has 0 saturated carbocycles. The third-order valence-electron chi connectivity index (χ3n) is 6.55. The second-order valence-corrected chi connectivity index (χ2v) is 11.2. The van der Waals surface area contributed by atoms with Crippen LogP contribution in [0.25, 0.3) is 23.1 Å². The van der Waals surface area contributed by atoms with Gasteiger partial charge in [0.1, 0.15) is 5.92 Å². The summed E-state index contributed by atoms with van der Waals surface area (Å²) in [4.78, 5) is 31.2. The highest BCUT2D eigenvalue weighted by molar-refractivity contribution is 6.28. The number of ketones is 2. The number of aromatic nitrogens is 1. The molecule has 1 aliphatic carbocycles. The van der Waals surface area contributed by atoms with Crippen molar-refractivity contribution in [3.63, 3.8) is 0 Å². The zero-order chi connectivity index (χ0) is 24.8. The van der Waals surface area contributed by atoms with Crippen LogP contribution in [0.1, 0.15) is 71.2 Å². The van der Waals surface area contributed by atoms with Gasteiger partial charge in [0.05, 0.1) is 11.2 Å². The standard InChI is InChI=1S/C31H33NO2/c1-8-19-11-9-10-12-20(19)15-21-16-27(33)28(29(21)34)25-14-13-23-24(31(5,6)7)17-22(30(2,3)4)18-26(23)32-25/h8-18,28H,1-7H3/b19-8-,20-15-. The van der Waals surface area contributed by atoms with Gasteiger partial charge in [0.15, 0.2) is 11.6 Å². The Morgan fingerprint density at radius 1 is 0.853 bits per heavy atom. The number of pyridine rings is 1. The fraction of sp³-hybridized carbons (Fsp3) is 0.323. The maximum absolute atomic E-state index is 13.3. The van der Waals surface area contributed by atoms with E-state index in [4.69, 9.17) is 4.98 Å². The molecular weight excluding hydrogens is 418 g/mol. The summed E-state index contributed by atoms with van der Waals surface area (Å²) in [5, 5.41) is 3.02. The van der Waals surface area contributed by atoms with Crippen molar-refractivity contribution in [1.82, 2.24) is 4.98 Å². The lowest BCUT2D eigenvalue weighted by Crippen LogP contribution is -2.24. The number of Topliss-reactive ketones (excluding diaryl/α,β-unsaturated/α-hetero) is 1. The number of benzene rings is 2. The first kappa shape index (κ1) is 23.8. The molecule has 2 aromatic carbocycles. The highest BCUT2D eigenvalue weighted by Gasteiger charge is 2.36. The van der Waals surface area contributed by atoms with Crippen molar-refractivity contribution in [3.8, 4) is 0 Å². The van der Waals surface area contributed by atoms with Crippen LogP contribution in [0.4, 0.5) is 0 Å². The number of hydrogen-bond acceptors (Lipinski definition) is 3. The van der Waals surface area contributed by atoms with Crippen molar-refractivity contribution < 1.29 is 9.59 Å². The van der Waals surface area contributed by atoms with Crippen molar-refractivity contribution in [3.05, 3.63) is 87.4 Å². The molecule has 0 aliphatic heterocycles. The molecule has 0 spiro atoms. The molecule has 0 saturated heterocycles. The molecule has 1 atom stereocenters. The van der Waals surface area contributed by atoms with E-state index in [0.29, 0.717) is 11.3 Å². The average molecular weight is 452 g/mol. The first-order chi connectivity index (χ1) is 15.9. The first-order valence-corrected chi connectivity index (χ1v) is 11.9. The highest BCUT2D eigenvalue weighted by atomic mass is 16.2. The predicted octanol–water partition coefficient (Wildman–Crippen LogP) is 5.27. The smallest absolute Gasteiger partial charge is 0.179 e. The third-order valence-corrected chi connectivity index (χ3v) is 6.55. The molecule has 1 aromatic heterocycles. The topological polar surface area (TPSA) is 47.0 Å². The second-order valence-electron chi connectivity index (χ2n) is 11.2. The van der Waals surface area contributed by atoms with Gasteiger partial charge >= 0.3 is 0 Å². The molecule has 3 heteroatoms. The van der Waals surface area contributed by atoms with E-state index in [0.717, 1.165) is 21.3 Å². The van der Waals surface area contributed by atoms with E-state index in [1.54, 1.807) is 0 Å². The molecular formula is C31H33NO2. The Bertz CT molecular complexity index is 1460. The summed E-state index contributed by atoms with van der Waals surface area (Å²) in [5.41, 5.74) is 4.09. The van der Waals surface area contributed by atoms with Gasteiger partial charge in [-0.25, -0.2) is 0 Å². The zero-order valence-corrected chi connectivity index (χ0v) is 21.2. The van der Waals surface area contributed by atoms with E-state index in [-0.39, 0.29) is 22.4 Å². The van der Waals surface area contributed by atoms with Crippen LogP contribution in [-0.2, 0) is 20.4 Å². The van der Waals surface area contributed by atoms with Crippen molar-refractivity contribution in [2.24, 2.45) is 0 Å². The van der Waals surface area contributed by atoms with Crippen LogP contribution >= 0.6 is 0 Å². The Labute approximate surface area is 201 Å². The van der Waals surface area contributed by atoms with Crippen LogP contribution in [0.2, 0.25) is 0 Å². The van der Waals surface area contributed by atoms with Crippen molar-refractivity contribution in [1.29, 1.82) is 0 Å². The summed E-state index contributed by atoms with van der Waals surface area (Å²) in [7, 11) is 0. The summed E-state index contributed by atoms with van der Waals surface area (Å²) in [6, 6.07) is 16.1. The molecule has 174 valence electrons. The van der Waals surface area contributed by atoms with E-state index < -0.39 is 5.92 Å². The van der Waals surface area contributed by atoms with Crippen LogP contribution in [0.3, 0.4) is 0 Å². The normalized spacial score (nSPS) is 18.2. The second kappa shape index (κ2) is 8.47. The van der Waals surface area contributed by atoms with Gasteiger partial charge in [0, 0.05) is 11.0 Å². The number of nitrogens with zero attached hydrogens (tertiary/aromatic N) is 1. The van der Waals surface area contributed by atoms with Gasteiger partial charge < -0.3 is 0 Å². The fourth-order valence-electron chi connectivity index (χ4n) is 4.53. The van der Waals surface area contributed by atoms with Gasteiger partial charge in [-0.2, -0.15) is 0 Å². The summed E-state index contributed by atoms with van der Waals surface area (Å²) in [5.74, 6) is -1.28. The van der Waals surface area contributed by atoms with Gasteiger partial charge in [0.2, 0.25) is 0 Å². The molecule has 34 heavy (non-hydrogen) atoms. The van der Waals surface area contributed by atoms with Gasteiger partial charge in [0.25, 0.3) is 0 Å². The van der Waals surface area contributed by atoms with Crippen LogP contribution in [0, 0.1) is 0 Å². The molecule has 3 aromatic rings. The highest BCUT2D eigenvalue weighted by Crippen LogP contribution is 2.36. The number of rotatable bonds is 2. The molecule has 1 aliphatic rings. The van der Waals surface area contributed by atoms with E-state index in [9.17, 15) is 9.59 Å². The lowest BCUT2D eigenvalue weighted by molar-refractivity contribution is -0.122. The minimum Gasteiger partial charge on any atom is -0.294 e. The Kier molecular flexibility index (Phi) is 5.93. The largest absolute Gasteiger partial charge is 0.294 e. The van der Waals surface area contributed by atoms with Gasteiger partial charge in [-0.3, -0.25) is 14.6 Å². The average Bonchev–Trinajstić information content (AvgIpc) is 3.04. The van der Waals surface area contributed by atoms with E-state index in [2.05, 4.69) is 53.7 Å². The Morgan fingerprint density at radius 3 is 2.15 bits per heavy atom.